The van der Waals surface area contributed by atoms with Gasteiger partial charge in [-0.05, 0) is 30.3 Å². The Morgan fingerprint density at radius 1 is 1.15 bits per heavy atom. The fraction of sp³-hybridized carbons (Fsp3) is 0.167. The van der Waals surface area contributed by atoms with Crippen molar-refractivity contribution >= 4 is 28.7 Å². The second-order valence-electron chi connectivity index (χ2n) is 5.76. The van der Waals surface area contributed by atoms with Gasteiger partial charge in [0.05, 0.1) is 6.54 Å². The quantitative estimate of drug-likeness (QED) is 0.408. The number of aromatic amines is 1. The molecule has 0 aliphatic rings. The minimum Gasteiger partial charge on any atom is -0.465 e. The summed E-state index contributed by atoms with van der Waals surface area (Å²) < 4.78 is 13.3. The molecule has 2 heterocycles. The van der Waals surface area contributed by atoms with Gasteiger partial charge in [0, 0.05) is 47.5 Å². The molecule has 27 heavy (non-hydrogen) atoms. The molecule has 3 aromatic rings. The predicted octanol–water partition coefficient (Wildman–Crippen LogP) is 2.16. The van der Waals surface area contributed by atoms with Crippen LogP contribution in [-0.2, 0) is 4.79 Å². The first-order valence-corrected chi connectivity index (χ1v) is 8.23. The van der Waals surface area contributed by atoms with Crippen LogP contribution in [0.3, 0.4) is 0 Å². The van der Waals surface area contributed by atoms with E-state index in [1.165, 1.54) is 12.1 Å². The maximum atomic E-state index is 13.3. The third-order valence-corrected chi connectivity index (χ3v) is 3.87. The first-order chi connectivity index (χ1) is 13.0. The van der Waals surface area contributed by atoms with E-state index in [0.29, 0.717) is 18.9 Å². The molecule has 8 nitrogen and oxygen atoms in total. The highest BCUT2D eigenvalue weighted by molar-refractivity contribution is 5.95. The summed E-state index contributed by atoms with van der Waals surface area (Å²) in [5, 5.41) is 17.0. The van der Waals surface area contributed by atoms with Gasteiger partial charge in [0.2, 0.25) is 5.91 Å². The Bertz CT molecular complexity index is 955. The molecule has 0 saturated carbocycles. The second-order valence-corrected chi connectivity index (χ2v) is 5.76. The highest BCUT2D eigenvalue weighted by Gasteiger charge is 2.07. The topological polar surface area (TPSA) is 119 Å². The molecule has 9 heteroatoms. The molecule has 0 saturated heterocycles. The van der Waals surface area contributed by atoms with Crippen LogP contribution >= 0.6 is 0 Å². The van der Waals surface area contributed by atoms with E-state index < -0.39 is 12.0 Å². The Hall–Kier alpha value is -3.62. The first kappa shape index (κ1) is 18.2. The van der Waals surface area contributed by atoms with E-state index in [0.717, 1.165) is 22.0 Å². The summed E-state index contributed by atoms with van der Waals surface area (Å²) in [5.74, 6) is -0.0553. The van der Waals surface area contributed by atoms with Gasteiger partial charge in [0.25, 0.3) is 0 Å². The van der Waals surface area contributed by atoms with Crippen LogP contribution in [0.1, 0.15) is 0 Å². The van der Waals surface area contributed by atoms with E-state index in [1.54, 1.807) is 12.3 Å². The molecule has 0 radical (unpaired) electrons. The normalized spacial score (nSPS) is 10.6. The lowest BCUT2D eigenvalue weighted by Gasteiger charge is -2.08. The van der Waals surface area contributed by atoms with Crippen LogP contribution in [0.2, 0.25) is 0 Å². The smallest absolute Gasteiger partial charge is 0.405 e. The number of nitrogens with zero attached hydrogens (tertiary/aromatic N) is 1. The van der Waals surface area contributed by atoms with Crippen molar-refractivity contribution in [3.8, 4) is 11.1 Å². The number of carboxylic acid groups (broad SMARTS) is 1. The number of benzene rings is 1. The monoisotopic (exact) mass is 371 g/mol. The molecule has 2 aromatic heterocycles. The van der Waals surface area contributed by atoms with Gasteiger partial charge in [-0.15, -0.1) is 0 Å². The number of anilines is 1. The second kappa shape index (κ2) is 8.17. The van der Waals surface area contributed by atoms with Crippen molar-refractivity contribution in [2.45, 2.75) is 0 Å². The number of pyridine rings is 1. The van der Waals surface area contributed by atoms with Crippen molar-refractivity contribution in [2.75, 3.05) is 25.0 Å². The molecule has 5 N–H and O–H groups in total. The SMILES string of the molecule is O=C(O)NCC(=O)NCCNc1ccc(-c2c[nH]c3cc(F)ccc23)cn1. The van der Waals surface area contributed by atoms with Crippen molar-refractivity contribution in [3.63, 3.8) is 0 Å². The van der Waals surface area contributed by atoms with Gasteiger partial charge in [-0.1, -0.05) is 0 Å². The van der Waals surface area contributed by atoms with Crippen LogP contribution in [0, 0.1) is 5.82 Å². The molecule has 1 aromatic carbocycles. The van der Waals surface area contributed by atoms with Crippen molar-refractivity contribution in [1.82, 2.24) is 20.6 Å². The lowest BCUT2D eigenvalue weighted by Crippen LogP contribution is -2.38. The van der Waals surface area contributed by atoms with Crippen molar-refractivity contribution in [2.24, 2.45) is 0 Å². The van der Waals surface area contributed by atoms with Gasteiger partial charge in [-0.25, -0.2) is 14.2 Å². The maximum absolute atomic E-state index is 13.3. The van der Waals surface area contributed by atoms with Gasteiger partial charge in [-0.3, -0.25) is 4.79 Å². The Morgan fingerprint density at radius 2 is 2.00 bits per heavy atom. The number of rotatable bonds is 7. The highest BCUT2D eigenvalue weighted by Crippen LogP contribution is 2.28. The Kier molecular flexibility index (Phi) is 5.50. The summed E-state index contributed by atoms with van der Waals surface area (Å²) in [6, 6.07) is 8.30. The number of hydrogen-bond acceptors (Lipinski definition) is 4. The number of halogens is 1. The largest absolute Gasteiger partial charge is 0.465 e. The molecule has 0 atom stereocenters. The van der Waals surface area contributed by atoms with E-state index >= 15 is 0 Å². The number of nitrogens with one attached hydrogen (secondary N) is 4. The Morgan fingerprint density at radius 3 is 2.74 bits per heavy atom. The molecule has 0 unspecified atom stereocenters. The fourth-order valence-electron chi connectivity index (χ4n) is 2.61. The predicted molar refractivity (Wildman–Crippen MR) is 99.0 cm³/mol. The highest BCUT2D eigenvalue weighted by atomic mass is 19.1. The lowest BCUT2D eigenvalue weighted by atomic mass is 10.1. The molecule has 3 rings (SSSR count). The number of H-pyrrole nitrogens is 1. The summed E-state index contributed by atoms with van der Waals surface area (Å²) in [6.07, 6.45) is 2.28. The van der Waals surface area contributed by atoms with Crippen LogP contribution < -0.4 is 16.0 Å². The minimum absolute atomic E-state index is 0.281. The van der Waals surface area contributed by atoms with E-state index in [9.17, 15) is 14.0 Å². The number of carbonyl (C=O) groups excluding carboxylic acids is 1. The molecule has 0 fully saturated rings. The minimum atomic E-state index is -1.24. The fourth-order valence-corrected chi connectivity index (χ4v) is 2.61. The Labute approximate surface area is 153 Å². The Balaban J connectivity index is 1.53. The van der Waals surface area contributed by atoms with Gasteiger partial charge >= 0.3 is 6.09 Å². The third kappa shape index (κ3) is 4.72. The maximum Gasteiger partial charge on any atom is 0.405 e. The lowest BCUT2D eigenvalue weighted by molar-refractivity contribution is -0.120. The van der Waals surface area contributed by atoms with Crippen LogP contribution in [-0.4, -0.2) is 46.7 Å². The van der Waals surface area contributed by atoms with Crippen LogP contribution in [0.5, 0.6) is 0 Å². The number of aromatic nitrogens is 2. The summed E-state index contributed by atoms with van der Waals surface area (Å²) in [4.78, 5) is 29.0. The van der Waals surface area contributed by atoms with Gasteiger partial charge in [0.15, 0.2) is 0 Å². The average Bonchev–Trinajstić information content (AvgIpc) is 3.07. The van der Waals surface area contributed by atoms with Gasteiger partial charge < -0.3 is 26.0 Å². The van der Waals surface area contributed by atoms with Crippen LogP contribution in [0.4, 0.5) is 15.0 Å². The van der Waals surface area contributed by atoms with Crippen molar-refractivity contribution in [3.05, 3.63) is 48.5 Å². The molecule has 0 aliphatic carbocycles. The molecule has 2 amide bonds. The summed E-state index contributed by atoms with van der Waals surface area (Å²) in [7, 11) is 0. The van der Waals surface area contributed by atoms with Crippen LogP contribution in [0.25, 0.3) is 22.0 Å². The third-order valence-electron chi connectivity index (χ3n) is 3.87. The molecule has 140 valence electrons. The molecular formula is C18H18FN5O3. The zero-order chi connectivity index (χ0) is 19.2. The van der Waals surface area contributed by atoms with Crippen molar-refractivity contribution < 1.29 is 19.1 Å². The molecule has 0 bridgehead atoms. The van der Waals surface area contributed by atoms with E-state index in [4.69, 9.17) is 5.11 Å². The average molecular weight is 371 g/mol. The molecule has 0 spiro atoms. The van der Waals surface area contributed by atoms with Gasteiger partial charge in [-0.2, -0.15) is 0 Å². The number of amides is 2. The number of fused-ring (bicyclic) bond motifs is 1. The number of carbonyl (C=O) groups is 2. The van der Waals surface area contributed by atoms with E-state index in [-0.39, 0.29) is 12.4 Å². The molecule has 0 aliphatic heterocycles. The van der Waals surface area contributed by atoms with Crippen LogP contribution in [0.15, 0.2) is 42.7 Å². The first-order valence-electron chi connectivity index (χ1n) is 8.23. The van der Waals surface area contributed by atoms with Gasteiger partial charge in [0.1, 0.15) is 11.6 Å². The van der Waals surface area contributed by atoms with E-state index in [2.05, 4.69) is 20.6 Å². The van der Waals surface area contributed by atoms with Crippen molar-refractivity contribution in [1.29, 1.82) is 0 Å². The standard InChI is InChI=1S/C18H18FN5O3/c19-12-2-3-13-14(9-22-15(13)7-12)11-1-4-16(23-8-11)20-5-6-21-17(25)10-24-18(26)27/h1-4,7-9,22,24H,5-6,10H2,(H,20,23)(H,21,25)(H,26,27). The zero-order valence-electron chi connectivity index (χ0n) is 14.3. The zero-order valence-corrected chi connectivity index (χ0v) is 14.3. The summed E-state index contributed by atoms with van der Waals surface area (Å²) >= 11 is 0. The van der Waals surface area contributed by atoms with E-state index in [1.807, 2.05) is 23.6 Å². The summed E-state index contributed by atoms with van der Waals surface area (Å²) in [5.41, 5.74) is 2.55. The molecular weight excluding hydrogens is 353 g/mol. The summed E-state index contributed by atoms with van der Waals surface area (Å²) in [6.45, 7) is 0.492. The number of hydrogen-bond donors (Lipinski definition) is 5.